The van der Waals surface area contributed by atoms with Crippen molar-refractivity contribution in [2.75, 3.05) is 5.88 Å². The van der Waals surface area contributed by atoms with Gasteiger partial charge in [-0.2, -0.15) is 0 Å². The summed E-state index contributed by atoms with van der Waals surface area (Å²) in [5.74, 6) is 0.283. The summed E-state index contributed by atoms with van der Waals surface area (Å²) >= 11 is 5.46. The van der Waals surface area contributed by atoms with E-state index in [2.05, 4.69) is 4.98 Å². The minimum absolute atomic E-state index is 0.140. The molecular formula is C10H14ClNO3. The summed E-state index contributed by atoms with van der Waals surface area (Å²) in [5.41, 5.74) is 1.09. The average molecular weight is 232 g/mol. The minimum Gasteiger partial charge on any atom is -0.392 e. The topological polar surface area (TPSA) is 73.6 Å². The number of alkyl halides is 1. The lowest BCUT2D eigenvalue weighted by atomic mass is 10.0. The Morgan fingerprint density at radius 3 is 2.67 bits per heavy atom. The first-order valence-corrected chi connectivity index (χ1v) is 5.19. The van der Waals surface area contributed by atoms with Crippen LogP contribution in [0.3, 0.4) is 0 Å². The highest BCUT2D eigenvalue weighted by molar-refractivity contribution is 6.17. The van der Waals surface area contributed by atoms with Crippen molar-refractivity contribution in [3.05, 3.63) is 29.6 Å². The van der Waals surface area contributed by atoms with Gasteiger partial charge in [-0.25, -0.2) is 0 Å². The van der Waals surface area contributed by atoms with E-state index in [0.29, 0.717) is 17.5 Å². The van der Waals surface area contributed by atoms with E-state index in [0.717, 1.165) is 0 Å². The molecule has 2 unspecified atom stereocenters. The lowest BCUT2D eigenvalue weighted by molar-refractivity contribution is 0.0167. The molecule has 1 heterocycles. The Labute approximate surface area is 93.2 Å². The van der Waals surface area contributed by atoms with Crippen molar-refractivity contribution in [3.8, 4) is 0 Å². The van der Waals surface area contributed by atoms with Gasteiger partial charge in [-0.3, -0.25) is 4.98 Å². The van der Waals surface area contributed by atoms with Gasteiger partial charge in [0.1, 0.15) is 6.10 Å². The van der Waals surface area contributed by atoms with E-state index in [9.17, 15) is 10.2 Å². The van der Waals surface area contributed by atoms with E-state index in [-0.39, 0.29) is 12.5 Å². The summed E-state index contributed by atoms with van der Waals surface area (Å²) in [6, 6.07) is 1.61. The molecule has 0 aromatic carbocycles. The summed E-state index contributed by atoms with van der Waals surface area (Å²) in [4.78, 5) is 3.85. The van der Waals surface area contributed by atoms with Crippen LogP contribution in [0.1, 0.15) is 23.7 Å². The maximum absolute atomic E-state index is 9.71. The largest absolute Gasteiger partial charge is 0.392 e. The predicted octanol–water partition coefficient (Wildman–Crippen LogP) is 0.597. The van der Waals surface area contributed by atoms with E-state index in [4.69, 9.17) is 16.7 Å². The number of aliphatic hydroxyl groups excluding tert-OH is 3. The quantitative estimate of drug-likeness (QED) is 0.649. The first-order valence-electron chi connectivity index (χ1n) is 4.65. The first kappa shape index (κ1) is 12.4. The van der Waals surface area contributed by atoms with E-state index in [1.54, 1.807) is 6.07 Å². The number of halogens is 1. The molecule has 0 radical (unpaired) electrons. The van der Waals surface area contributed by atoms with Crippen LogP contribution < -0.4 is 0 Å². The first-order chi connectivity index (χ1) is 7.19. The normalized spacial score (nSPS) is 14.9. The van der Waals surface area contributed by atoms with Crippen molar-refractivity contribution in [1.82, 2.24) is 4.98 Å². The molecule has 1 aromatic rings. The summed E-state index contributed by atoms with van der Waals surface area (Å²) in [6.45, 7) is -0.140. The average Bonchev–Trinajstić information content (AvgIpc) is 2.28. The minimum atomic E-state index is -1.01. The van der Waals surface area contributed by atoms with Crippen molar-refractivity contribution in [2.45, 2.75) is 25.2 Å². The van der Waals surface area contributed by atoms with Crippen LogP contribution in [-0.2, 0) is 6.61 Å². The second kappa shape index (κ2) is 6.02. The number of aliphatic hydroxyl groups is 3. The second-order valence-electron chi connectivity index (χ2n) is 3.27. The molecule has 2 atom stereocenters. The summed E-state index contributed by atoms with van der Waals surface area (Å²) in [7, 11) is 0. The third-order valence-corrected chi connectivity index (χ3v) is 2.33. The lowest BCUT2D eigenvalue weighted by Crippen LogP contribution is -2.19. The number of nitrogens with zero attached hydrogens (tertiary/aromatic N) is 1. The zero-order chi connectivity index (χ0) is 11.3. The number of aromatic nitrogens is 1. The molecule has 5 heteroatoms. The van der Waals surface area contributed by atoms with Crippen molar-refractivity contribution >= 4 is 11.6 Å². The highest BCUT2D eigenvalue weighted by Crippen LogP contribution is 2.19. The van der Waals surface area contributed by atoms with Gasteiger partial charge in [-0.05, 0) is 18.1 Å². The molecule has 84 valence electrons. The number of rotatable bonds is 5. The Kier molecular flexibility index (Phi) is 4.98. The van der Waals surface area contributed by atoms with Crippen LogP contribution in [0.25, 0.3) is 0 Å². The maximum Gasteiger partial charge on any atom is 0.106 e. The predicted molar refractivity (Wildman–Crippen MR) is 56.5 cm³/mol. The van der Waals surface area contributed by atoms with Crippen LogP contribution in [-0.4, -0.2) is 32.3 Å². The van der Waals surface area contributed by atoms with Crippen LogP contribution in [0.5, 0.6) is 0 Å². The molecule has 15 heavy (non-hydrogen) atoms. The van der Waals surface area contributed by atoms with Crippen LogP contribution in [0, 0.1) is 0 Å². The molecule has 0 aliphatic rings. The molecular weight excluding hydrogens is 218 g/mol. The van der Waals surface area contributed by atoms with Gasteiger partial charge in [0.05, 0.1) is 12.7 Å². The zero-order valence-electron chi connectivity index (χ0n) is 8.17. The number of hydrogen-bond donors (Lipinski definition) is 3. The molecule has 0 spiro atoms. The monoisotopic (exact) mass is 231 g/mol. The molecule has 0 bridgehead atoms. The third-order valence-electron chi connectivity index (χ3n) is 2.11. The Morgan fingerprint density at radius 1 is 1.33 bits per heavy atom. The third kappa shape index (κ3) is 3.43. The smallest absolute Gasteiger partial charge is 0.106 e. The van der Waals surface area contributed by atoms with Crippen LogP contribution in [0.4, 0.5) is 0 Å². The molecule has 4 nitrogen and oxygen atoms in total. The summed E-state index contributed by atoms with van der Waals surface area (Å²) in [5, 5.41) is 28.1. The molecule has 0 aliphatic heterocycles. The van der Waals surface area contributed by atoms with Gasteiger partial charge in [0.2, 0.25) is 0 Å². The van der Waals surface area contributed by atoms with Crippen LogP contribution >= 0.6 is 11.6 Å². The van der Waals surface area contributed by atoms with Gasteiger partial charge < -0.3 is 15.3 Å². The van der Waals surface area contributed by atoms with E-state index in [1.807, 2.05) is 0 Å². The molecule has 3 N–H and O–H groups in total. The molecule has 0 saturated carbocycles. The lowest BCUT2D eigenvalue weighted by Gasteiger charge is -2.17. The molecule has 0 saturated heterocycles. The van der Waals surface area contributed by atoms with Crippen molar-refractivity contribution in [2.24, 2.45) is 0 Å². The van der Waals surface area contributed by atoms with Gasteiger partial charge in [-0.15, -0.1) is 11.6 Å². The Morgan fingerprint density at radius 2 is 2.07 bits per heavy atom. The van der Waals surface area contributed by atoms with Gasteiger partial charge in [0, 0.05) is 23.8 Å². The highest BCUT2D eigenvalue weighted by atomic mass is 35.5. The van der Waals surface area contributed by atoms with Gasteiger partial charge in [-0.1, -0.05) is 0 Å². The fourth-order valence-corrected chi connectivity index (χ4v) is 1.47. The fraction of sp³-hybridized carbons (Fsp3) is 0.500. The number of hydrogen-bond acceptors (Lipinski definition) is 4. The van der Waals surface area contributed by atoms with Crippen LogP contribution in [0.2, 0.25) is 0 Å². The Hall–Kier alpha value is -0.680. The maximum atomic E-state index is 9.71. The van der Waals surface area contributed by atoms with E-state index in [1.165, 1.54) is 12.4 Å². The van der Waals surface area contributed by atoms with Gasteiger partial charge >= 0.3 is 0 Å². The van der Waals surface area contributed by atoms with E-state index < -0.39 is 12.2 Å². The highest BCUT2D eigenvalue weighted by Gasteiger charge is 2.18. The van der Waals surface area contributed by atoms with Crippen LogP contribution in [0.15, 0.2) is 18.5 Å². The SMILES string of the molecule is OCc1cncc(C(O)C(O)CCCl)c1. The van der Waals surface area contributed by atoms with Gasteiger partial charge in [0.25, 0.3) is 0 Å². The molecule has 1 aromatic heterocycles. The molecule has 0 fully saturated rings. The number of pyridine rings is 1. The van der Waals surface area contributed by atoms with E-state index >= 15 is 0 Å². The standard InChI is InChI=1S/C10H14ClNO3/c11-2-1-9(14)10(15)8-3-7(6-13)4-12-5-8/h3-5,9-10,13-15H,1-2,6H2. The second-order valence-corrected chi connectivity index (χ2v) is 3.65. The fourth-order valence-electron chi connectivity index (χ4n) is 1.25. The Bertz CT molecular complexity index is 308. The van der Waals surface area contributed by atoms with Crippen molar-refractivity contribution in [1.29, 1.82) is 0 Å². The Balaban J connectivity index is 2.76. The van der Waals surface area contributed by atoms with Gasteiger partial charge in [0.15, 0.2) is 0 Å². The zero-order valence-corrected chi connectivity index (χ0v) is 8.93. The molecule has 0 amide bonds. The molecule has 1 rings (SSSR count). The summed E-state index contributed by atoms with van der Waals surface area (Å²) < 4.78 is 0. The summed E-state index contributed by atoms with van der Waals surface area (Å²) in [6.07, 6.45) is 1.36. The molecule has 0 aliphatic carbocycles. The van der Waals surface area contributed by atoms with Crippen molar-refractivity contribution in [3.63, 3.8) is 0 Å². The van der Waals surface area contributed by atoms with Crippen molar-refractivity contribution < 1.29 is 15.3 Å².